The smallest absolute Gasteiger partial charge is 0.191 e. The van der Waals surface area contributed by atoms with Gasteiger partial charge in [0, 0.05) is 20.1 Å². The van der Waals surface area contributed by atoms with E-state index in [0.29, 0.717) is 25.4 Å². The van der Waals surface area contributed by atoms with Gasteiger partial charge in [-0.2, -0.15) is 0 Å². The van der Waals surface area contributed by atoms with Crippen molar-refractivity contribution in [3.63, 3.8) is 0 Å². The van der Waals surface area contributed by atoms with Crippen LogP contribution in [0.5, 0.6) is 17.2 Å². The van der Waals surface area contributed by atoms with Gasteiger partial charge in [-0.1, -0.05) is 18.2 Å². The van der Waals surface area contributed by atoms with Gasteiger partial charge in [-0.3, -0.25) is 4.99 Å². The van der Waals surface area contributed by atoms with Crippen molar-refractivity contribution in [1.29, 1.82) is 0 Å². The highest BCUT2D eigenvalue weighted by molar-refractivity contribution is 5.79. The van der Waals surface area contributed by atoms with Crippen LogP contribution in [0.1, 0.15) is 23.6 Å². The Morgan fingerprint density at radius 3 is 2.00 bits per heavy atom. The molecule has 2 rings (SSSR count). The number of aryl methyl sites for hydroxylation is 1. The van der Waals surface area contributed by atoms with Crippen molar-refractivity contribution in [3.8, 4) is 17.2 Å². The van der Waals surface area contributed by atoms with E-state index in [-0.39, 0.29) is 0 Å². The molecule has 0 heterocycles. The van der Waals surface area contributed by atoms with Crippen LogP contribution in [-0.4, -0.2) is 33.8 Å². The SMILES string of the molecule is CCOc1ccc(CNC(=NC)NCc2ccc(OC)c(OC)c2)cc1C. The fourth-order valence-corrected chi connectivity index (χ4v) is 2.72. The second-order valence-electron chi connectivity index (χ2n) is 6.00. The molecule has 0 saturated heterocycles. The molecule has 6 heteroatoms. The Kier molecular flexibility index (Phi) is 7.79. The van der Waals surface area contributed by atoms with Crippen LogP contribution in [0.4, 0.5) is 0 Å². The number of aliphatic imine (C=N–C) groups is 1. The average molecular weight is 371 g/mol. The third-order valence-electron chi connectivity index (χ3n) is 4.13. The first-order valence-electron chi connectivity index (χ1n) is 8.99. The Hall–Kier alpha value is -2.89. The molecule has 0 fully saturated rings. The lowest BCUT2D eigenvalue weighted by Gasteiger charge is -2.14. The molecule has 0 spiro atoms. The molecule has 0 unspecified atom stereocenters. The molecular weight excluding hydrogens is 342 g/mol. The van der Waals surface area contributed by atoms with E-state index in [1.165, 1.54) is 5.56 Å². The van der Waals surface area contributed by atoms with Gasteiger partial charge < -0.3 is 24.8 Å². The molecule has 0 bridgehead atoms. The first-order valence-corrected chi connectivity index (χ1v) is 8.99. The third-order valence-corrected chi connectivity index (χ3v) is 4.13. The Morgan fingerprint density at radius 1 is 0.889 bits per heavy atom. The molecule has 0 aliphatic heterocycles. The number of hydrogen-bond acceptors (Lipinski definition) is 4. The largest absolute Gasteiger partial charge is 0.494 e. The molecule has 0 saturated carbocycles. The zero-order chi connectivity index (χ0) is 19.6. The first-order chi connectivity index (χ1) is 13.1. The number of methoxy groups -OCH3 is 2. The standard InChI is InChI=1S/C21H29N3O3/c1-6-27-18-9-7-16(11-15(18)2)13-23-21(22-3)24-14-17-8-10-19(25-4)20(12-17)26-5/h7-12H,6,13-14H2,1-5H3,(H2,22,23,24). The number of ether oxygens (including phenoxy) is 3. The normalized spacial score (nSPS) is 11.1. The summed E-state index contributed by atoms with van der Waals surface area (Å²) in [7, 11) is 5.02. The highest BCUT2D eigenvalue weighted by Crippen LogP contribution is 2.27. The summed E-state index contributed by atoms with van der Waals surface area (Å²) < 4.78 is 16.2. The van der Waals surface area contributed by atoms with Crippen LogP contribution in [0, 0.1) is 6.92 Å². The van der Waals surface area contributed by atoms with Crippen LogP contribution in [-0.2, 0) is 13.1 Å². The number of nitrogens with zero attached hydrogens (tertiary/aromatic N) is 1. The molecule has 0 aliphatic carbocycles. The third kappa shape index (κ3) is 5.81. The summed E-state index contributed by atoms with van der Waals surface area (Å²) in [5, 5.41) is 6.64. The van der Waals surface area contributed by atoms with Gasteiger partial charge >= 0.3 is 0 Å². The van der Waals surface area contributed by atoms with Gasteiger partial charge in [0.25, 0.3) is 0 Å². The van der Waals surface area contributed by atoms with Gasteiger partial charge in [0.05, 0.1) is 20.8 Å². The number of guanidine groups is 1. The molecule has 2 aromatic carbocycles. The lowest BCUT2D eigenvalue weighted by Crippen LogP contribution is -2.36. The molecular formula is C21H29N3O3. The Labute approximate surface area is 161 Å². The maximum absolute atomic E-state index is 5.59. The lowest BCUT2D eigenvalue weighted by molar-refractivity contribution is 0.338. The van der Waals surface area contributed by atoms with Crippen LogP contribution in [0.2, 0.25) is 0 Å². The minimum absolute atomic E-state index is 0.627. The number of nitrogens with one attached hydrogen (secondary N) is 2. The number of benzene rings is 2. The van der Waals surface area contributed by atoms with E-state index >= 15 is 0 Å². The predicted octanol–water partition coefficient (Wildman–Crippen LogP) is 3.28. The van der Waals surface area contributed by atoms with E-state index in [9.17, 15) is 0 Å². The van der Waals surface area contributed by atoms with E-state index in [1.807, 2.05) is 31.2 Å². The minimum Gasteiger partial charge on any atom is -0.494 e. The Bertz CT molecular complexity index is 775. The second-order valence-corrected chi connectivity index (χ2v) is 6.00. The summed E-state index contributed by atoms with van der Waals surface area (Å²) >= 11 is 0. The van der Waals surface area contributed by atoms with Crippen molar-refractivity contribution < 1.29 is 14.2 Å². The fourth-order valence-electron chi connectivity index (χ4n) is 2.72. The summed E-state index contributed by atoms with van der Waals surface area (Å²) in [5.41, 5.74) is 3.38. The van der Waals surface area contributed by atoms with Crippen molar-refractivity contribution in [3.05, 3.63) is 53.1 Å². The summed E-state index contributed by atoms with van der Waals surface area (Å²) in [6, 6.07) is 12.0. The van der Waals surface area contributed by atoms with E-state index < -0.39 is 0 Å². The maximum atomic E-state index is 5.59. The zero-order valence-electron chi connectivity index (χ0n) is 16.8. The van der Waals surface area contributed by atoms with E-state index in [1.54, 1.807) is 21.3 Å². The minimum atomic E-state index is 0.627. The number of rotatable bonds is 8. The maximum Gasteiger partial charge on any atom is 0.191 e. The van der Waals surface area contributed by atoms with Crippen molar-refractivity contribution in [1.82, 2.24) is 10.6 Å². The van der Waals surface area contributed by atoms with Crippen LogP contribution >= 0.6 is 0 Å². The van der Waals surface area contributed by atoms with E-state index in [2.05, 4.69) is 34.7 Å². The molecule has 27 heavy (non-hydrogen) atoms. The van der Waals surface area contributed by atoms with Crippen molar-refractivity contribution in [2.45, 2.75) is 26.9 Å². The Balaban J connectivity index is 1.92. The topological polar surface area (TPSA) is 64.1 Å². The van der Waals surface area contributed by atoms with Crippen LogP contribution in [0.3, 0.4) is 0 Å². The van der Waals surface area contributed by atoms with Gasteiger partial charge in [-0.05, 0) is 48.7 Å². The Morgan fingerprint density at radius 2 is 1.48 bits per heavy atom. The van der Waals surface area contributed by atoms with Crippen LogP contribution < -0.4 is 24.8 Å². The highest BCUT2D eigenvalue weighted by atomic mass is 16.5. The summed E-state index contributed by atoms with van der Waals surface area (Å²) in [6.45, 7) is 6.02. The highest BCUT2D eigenvalue weighted by Gasteiger charge is 2.06. The van der Waals surface area contributed by atoms with Gasteiger partial charge in [0.1, 0.15) is 5.75 Å². The van der Waals surface area contributed by atoms with Gasteiger partial charge in [0.2, 0.25) is 0 Å². The van der Waals surface area contributed by atoms with Gasteiger partial charge in [-0.25, -0.2) is 0 Å². The quantitative estimate of drug-likeness (QED) is 0.551. The van der Waals surface area contributed by atoms with Crippen molar-refractivity contribution in [2.24, 2.45) is 4.99 Å². The summed E-state index contributed by atoms with van der Waals surface area (Å²) in [5.74, 6) is 3.09. The molecule has 2 aromatic rings. The predicted molar refractivity (Wildman–Crippen MR) is 109 cm³/mol. The van der Waals surface area contributed by atoms with Crippen LogP contribution in [0.25, 0.3) is 0 Å². The molecule has 0 aliphatic rings. The molecule has 0 amide bonds. The fraction of sp³-hybridized carbons (Fsp3) is 0.381. The van der Waals surface area contributed by atoms with Gasteiger partial charge in [-0.15, -0.1) is 0 Å². The number of hydrogen-bond donors (Lipinski definition) is 2. The molecule has 0 radical (unpaired) electrons. The second kappa shape index (κ2) is 10.3. The van der Waals surface area contributed by atoms with E-state index in [4.69, 9.17) is 14.2 Å². The average Bonchev–Trinajstić information content (AvgIpc) is 2.69. The first kappa shape index (κ1) is 20.4. The monoisotopic (exact) mass is 371 g/mol. The summed E-state index contributed by atoms with van der Waals surface area (Å²) in [4.78, 5) is 4.28. The van der Waals surface area contributed by atoms with Gasteiger partial charge in [0.15, 0.2) is 17.5 Å². The van der Waals surface area contributed by atoms with Crippen molar-refractivity contribution >= 4 is 5.96 Å². The molecule has 146 valence electrons. The molecule has 0 atom stereocenters. The lowest BCUT2D eigenvalue weighted by atomic mass is 10.1. The van der Waals surface area contributed by atoms with Crippen LogP contribution in [0.15, 0.2) is 41.4 Å². The van der Waals surface area contributed by atoms with Crippen molar-refractivity contribution in [2.75, 3.05) is 27.9 Å². The van der Waals surface area contributed by atoms with E-state index in [0.717, 1.165) is 28.6 Å². The molecule has 6 nitrogen and oxygen atoms in total. The zero-order valence-corrected chi connectivity index (χ0v) is 16.8. The molecule has 2 N–H and O–H groups in total. The summed E-state index contributed by atoms with van der Waals surface area (Å²) in [6.07, 6.45) is 0. The molecule has 0 aromatic heterocycles.